The second-order valence-electron chi connectivity index (χ2n) is 7.04. The lowest BCUT2D eigenvalue weighted by atomic mass is 10.1. The average molecular weight is 406 g/mol. The first kappa shape index (κ1) is 19.6. The highest BCUT2D eigenvalue weighted by Gasteiger charge is 2.35. The molecule has 8 heteroatoms. The third-order valence-electron chi connectivity index (χ3n) is 4.87. The first-order chi connectivity index (χ1) is 14.5. The molecule has 2 amide bonds. The molecule has 0 saturated carbocycles. The molecule has 3 aromatic rings. The molecule has 0 bridgehead atoms. The maximum Gasteiger partial charge on any atom is 0.229 e. The lowest BCUT2D eigenvalue weighted by Crippen LogP contribution is -2.28. The molecule has 0 spiro atoms. The molecular formula is C22H22N4O4. The topological polar surface area (TPSA) is 97.6 Å². The fourth-order valence-corrected chi connectivity index (χ4v) is 3.41. The van der Waals surface area contributed by atoms with E-state index in [2.05, 4.69) is 15.5 Å². The number of anilines is 2. The number of benzene rings is 2. The molecule has 0 radical (unpaired) electrons. The van der Waals surface area contributed by atoms with E-state index in [0.29, 0.717) is 36.2 Å². The summed E-state index contributed by atoms with van der Waals surface area (Å²) in [6.07, 6.45) is 0.161. The molecule has 1 aromatic heterocycles. The number of rotatable bonds is 6. The van der Waals surface area contributed by atoms with Gasteiger partial charge in [-0.2, -0.15) is 4.98 Å². The van der Waals surface area contributed by atoms with Crippen LogP contribution in [0.5, 0.6) is 5.75 Å². The van der Waals surface area contributed by atoms with Crippen LogP contribution in [-0.2, 0) is 9.59 Å². The Morgan fingerprint density at radius 2 is 2.07 bits per heavy atom. The zero-order valence-electron chi connectivity index (χ0n) is 16.8. The summed E-state index contributed by atoms with van der Waals surface area (Å²) < 4.78 is 10.4. The van der Waals surface area contributed by atoms with Gasteiger partial charge in [-0.15, -0.1) is 0 Å². The number of ether oxygens (including phenoxy) is 1. The van der Waals surface area contributed by atoms with Gasteiger partial charge in [0.2, 0.25) is 23.5 Å². The van der Waals surface area contributed by atoms with Crippen molar-refractivity contribution < 1.29 is 18.8 Å². The van der Waals surface area contributed by atoms with Crippen molar-refractivity contribution in [1.29, 1.82) is 0 Å². The summed E-state index contributed by atoms with van der Waals surface area (Å²) in [6, 6.07) is 14.5. The Morgan fingerprint density at radius 3 is 2.77 bits per heavy atom. The molecule has 1 N–H and O–H groups in total. The van der Waals surface area contributed by atoms with Gasteiger partial charge in [0.05, 0.1) is 12.5 Å². The van der Waals surface area contributed by atoms with Crippen LogP contribution in [0.3, 0.4) is 0 Å². The molecule has 1 fully saturated rings. The van der Waals surface area contributed by atoms with Crippen LogP contribution in [0.2, 0.25) is 0 Å². The van der Waals surface area contributed by atoms with Crippen LogP contribution < -0.4 is 15.0 Å². The number of carbonyl (C=O) groups excluding carboxylic acids is 2. The zero-order valence-corrected chi connectivity index (χ0v) is 16.8. The fraction of sp³-hybridized carbons (Fsp3) is 0.273. The number of aromatic nitrogens is 2. The molecule has 1 aliphatic heterocycles. The summed E-state index contributed by atoms with van der Waals surface area (Å²) in [5.74, 6) is 0.974. The molecule has 2 heterocycles. The van der Waals surface area contributed by atoms with Crippen molar-refractivity contribution in [3.05, 3.63) is 54.4 Å². The number of amides is 2. The summed E-state index contributed by atoms with van der Waals surface area (Å²) in [7, 11) is 0. The van der Waals surface area contributed by atoms with Crippen LogP contribution >= 0.6 is 0 Å². The maximum absolute atomic E-state index is 12.7. The number of nitrogens with zero attached hydrogens (tertiary/aromatic N) is 3. The zero-order chi connectivity index (χ0) is 21.1. The van der Waals surface area contributed by atoms with Crippen molar-refractivity contribution in [1.82, 2.24) is 10.1 Å². The predicted molar refractivity (Wildman–Crippen MR) is 111 cm³/mol. The third-order valence-corrected chi connectivity index (χ3v) is 4.87. The maximum atomic E-state index is 12.7. The fourth-order valence-electron chi connectivity index (χ4n) is 3.41. The van der Waals surface area contributed by atoms with Crippen LogP contribution in [0, 0.1) is 12.8 Å². The first-order valence-electron chi connectivity index (χ1n) is 9.78. The van der Waals surface area contributed by atoms with Crippen molar-refractivity contribution in [3.63, 3.8) is 0 Å². The molecule has 1 saturated heterocycles. The average Bonchev–Trinajstić information content (AvgIpc) is 3.36. The van der Waals surface area contributed by atoms with Gasteiger partial charge < -0.3 is 19.5 Å². The van der Waals surface area contributed by atoms with Crippen molar-refractivity contribution in [2.75, 3.05) is 23.4 Å². The molecule has 0 aliphatic carbocycles. The third kappa shape index (κ3) is 4.17. The minimum atomic E-state index is -0.430. The van der Waals surface area contributed by atoms with E-state index in [1.54, 1.807) is 36.1 Å². The second kappa shape index (κ2) is 8.36. The van der Waals surface area contributed by atoms with Gasteiger partial charge in [0, 0.05) is 36.8 Å². The first-order valence-corrected chi connectivity index (χ1v) is 9.78. The highest BCUT2D eigenvalue weighted by molar-refractivity contribution is 6.03. The summed E-state index contributed by atoms with van der Waals surface area (Å²) in [5, 5.41) is 6.80. The SMILES string of the molecule is CCOc1ccc(NC(=O)[C@@H]2CC(=O)N(c3cccc(-c4noc(C)n4)c3)C2)cc1. The Balaban J connectivity index is 1.44. The molecule has 0 unspecified atom stereocenters. The molecule has 154 valence electrons. The number of hydrogen-bond acceptors (Lipinski definition) is 6. The molecule has 2 aromatic carbocycles. The van der Waals surface area contributed by atoms with Crippen molar-refractivity contribution in [2.24, 2.45) is 5.92 Å². The minimum absolute atomic E-state index is 0.0942. The van der Waals surface area contributed by atoms with Gasteiger partial charge in [-0.25, -0.2) is 0 Å². The van der Waals surface area contributed by atoms with Crippen molar-refractivity contribution >= 4 is 23.2 Å². The highest BCUT2D eigenvalue weighted by Crippen LogP contribution is 2.29. The van der Waals surface area contributed by atoms with E-state index in [-0.39, 0.29) is 18.2 Å². The Hall–Kier alpha value is -3.68. The van der Waals surface area contributed by atoms with Crippen LogP contribution in [0.25, 0.3) is 11.4 Å². The Morgan fingerprint density at radius 1 is 1.27 bits per heavy atom. The summed E-state index contributed by atoms with van der Waals surface area (Å²) in [5.41, 5.74) is 2.12. The number of carbonyl (C=O) groups is 2. The molecule has 8 nitrogen and oxygen atoms in total. The lowest BCUT2D eigenvalue weighted by molar-refractivity contribution is -0.122. The van der Waals surface area contributed by atoms with E-state index < -0.39 is 5.92 Å². The van der Waals surface area contributed by atoms with Crippen LogP contribution in [0.15, 0.2) is 53.1 Å². The lowest BCUT2D eigenvalue weighted by Gasteiger charge is -2.17. The van der Waals surface area contributed by atoms with E-state index in [1.807, 2.05) is 31.2 Å². The number of nitrogens with one attached hydrogen (secondary N) is 1. The molecule has 30 heavy (non-hydrogen) atoms. The van der Waals surface area contributed by atoms with Gasteiger partial charge in [-0.1, -0.05) is 17.3 Å². The largest absolute Gasteiger partial charge is 0.494 e. The monoisotopic (exact) mass is 406 g/mol. The van der Waals surface area contributed by atoms with Crippen molar-refractivity contribution in [3.8, 4) is 17.1 Å². The van der Waals surface area contributed by atoms with Gasteiger partial charge in [-0.3, -0.25) is 9.59 Å². The number of aryl methyl sites for hydroxylation is 1. The van der Waals surface area contributed by atoms with Crippen LogP contribution in [-0.4, -0.2) is 35.1 Å². The van der Waals surface area contributed by atoms with Crippen LogP contribution in [0.4, 0.5) is 11.4 Å². The van der Waals surface area contributed by atoms with Crippen molar-refractivity contribution in [2.45, 2.75) is 20.3 Å². The van der Waals surface area contributed by atoms with Gasteiger partial charge in [0.25, 0.3) is 0 Å². The second-order valence-corrected chi connectivity index (χ2v) is 7.04. The molecule has 1 atom stereocenters. The van der Waals surface area contributed by atoms with Gasteiger partial charge in [0.15, 0.2) is 0 Å². The molecular weight excluding hydrogens is 384 g/mol. The van der Waals surface area contributed by atoms with Crippen LogP contribution in [0.1, 0.15) is 19.2 Å². The Labute approximate surface area is 173 Å². The molecule has 1 aliphatic rings. The van der Waals surface area contributed by atoms with E-state index >= 15 is 0 Å². The quantitative estimate of drug-likeness (QED) is 0.674. The van der Waals surface area contributed by atoms with E-state index in [4.69, 9.17) is 9.26 Å². The van der Waals surface area contributed by atoms with Gasteiger partial charge >= 0.3 is 0 Å². The standard InChI is InChI=1S/C22H22N4O4/c1-3-29-19-9-7-17(8-10-19)24-22(28)16-12-20(27)26(13-16)18-6-4-5-15(11-18)21-23-14(2)30-25-21/h4-11,16H,3,12-13H2,1-2H3,(H,24,28)/t16-/m1/s1. The van der Waals surface area contributed by atoms with E-state index in [0.717, 1.165) is 11.3 Å². The number of hydrogen-bond donors (Lipinski definition) is 1. The molecule has 4 rings (SSSR count). The summed E-state index contributed by atoms with van der Waals surface area (Å²) in [6.45, 7) is 4.53. The van der Waals surface area contributed by atoms with E-state index in [9.17, 15) is 9.59 Å². The highest BCUT2D eigenvalue weighted by atomic mass is 16.5. The smallest absolute Gasteiger partial charge is 0.229 e. The predicted octanol–water partition coefficient (Wildman–Crippen LogP) is 3.44. The Bertz CT molecular complexity index is 1060. The van der Waals surface area contributed by atoms with E-state index in [1.165, 1.54) is 0 Å². The summed E-state index contributed by atoms with van der Waals surface area (Å²) in [4.78, 5) is 31.1. The summed E-state index contributed by atoms with van der Waals surface area (Å²) >= 11 is 0. The minimum Gasteiger partial charge on any atom is -0.494 e. The Kier molecular flexibility index (Phi) is 5.47. The normalized spacial score (nSPS) is 16.0. The van der Waals surface area contributed by atoms with Gasteiger partial charge in [-0.05, 0) is 43.3 Å². The van der Waals surface area contributed by atoms with Gasteiger partial charge in [0.1, 0.15) is 5.75 Å².